The van der Waals surface area contributed by atoms with Crippen molar-refractivity contribution < 1.29 is 4.79 Å². The maximum atomic E-state index is 12.4. The van der Waals surface area contributed by atoms with Crippen LogP contribution in [0.1, 0.15) is 52.9 Å². The van der Waals surface area contributed by atoms with Crippen molar-refractivity contribution in [3.05, 3.63) is 0 Å². The molecule has 2 rings (SSSR count). The minimum absolute atomic E-state index is 0.366. The van der Waals surface area contributed by atoms with Gasteiger partial charge < -0.3 is 10.2 Å². The van der Waals surface area contributed by atoms with E-state index in [0.717, 1.165) is 25.4 Å². The first-order chi connectivity index (χ1) is 8.59. The smallest absolute Gasteiger partial charge is 0.223 e. The maximum Gasteiger partial charge on any atom is 0.223 e. The summed E-state index contributed by atoms with van der Waals surface area (Å²) in [6.45, 7) is 8.80. The van der Waals surface area contributed by atoms with Crippen molar-refractivity contribution in [3.8, 4) is 0 Å². The first-order valence-corrected chi connectivity index (χ1v) is 7.61. The van der Waals surface area contributed by atoms with Crippen molar-refractivity contribution in [2.24, 2.45) is 11.8 Å². The molecule has 1 atom stereocenters. The predicted octanol–water partition coefficient (Wildman–Crippen LogP) is 2.41. The Labute approximate surface area is 111 Å². The third kappa shape index (κ3) is 3.47. The second-order valence-electron chi connectivity index (χ2n) is 6.39. The van der Waals surface area contributed by atoms with Gasteiger partial charge in [0, 0.05) is 18.5 Å². The van der Waals surface area contributed by atoms with E-state index in [-0.39, 0.29) is 0 Å². The first kappa shape index (κ1) is 13.9. The van der Waals surface area contributed by atoms with Gasteiger partial charge in [-0.15, -0.1) is 0 Å². The van der Waals surface area contributed by atoms with Crippen LogP contribution in [0, 0.1) is 11.8 Å². The zero-order chi connectivity index (χ0) is 13.1. The van der Waals surface area contributed by atoms with Crippen molar-refractivity contribution in [1.82, 2.24) is 10.2 Å². The van der Waals surface area contributed by atoms with Gasteiger partial charge in [-0.2, -0.15) is 0 Å². The molecular formula is C15H28N2O. The molecule has 0 bridgehead atoms. The van der Waals surface area contributed by atoms with E-state index in [2.05, 4.69) is 31.0 Å². The van der Waals surface area contributed by atoms with Crippen LogP contribution in [0.3, 0.4) is 0 Å². The van der Waals surface area contributed by atoms with Crippen molar-refractivity contribution in [2.45, 2.75) is 65.0 Å². The van der Waals surface area contributed by atoms with Gasteiger partial charge in [0.1, 0.15) is 0 Å². The number of amides is 1. The first-order valence-electron chi connectivity index (χ1n) is 7.61. The standard InChI is InChI=1S/C15H28N2O/c1-11(2)17(14-4-5-14)15(18)10-12(3)13-6-8-16-9-7-13/h11-14,16H,4-10H2,1-3H3. The summed E-state index contributed by atoms with van der Waals surface area (Å²) in [5.74, 6) is 1.67. The molecule has 1 amide bonds. The molecule has 1 aliphatic heterocycles. The highest BCUT2D eigenvalue weighted by Crippen LogP contribution is 2.31. The molecule has 0 aromatic carbocycles. The number of carbonyl (C=O) groups is 1. The molecule has 18 heavy (non-hydrogen) atoms. The van der Waals surface area contributed by atoms with E-state index in [1.54, 1.807) is 0 Å². The van der Waals surface area contributed by atoms with Gasteiger partial charge in [-0.05, 0) is 64.5 Å². The van der Waals surface area contributed by atoms with Gasteiger partial charge in [-0.25, -0.2) is 0 Å². The second kappa shape index (κ2) is 6.05. The van der Waals surface area contributed by atoms with Crippen molar-refractivity contribution in [2.75, 3.05) is 13.1 Å². The van der Waals surface area contributed by atoms with Crippen LogP contribution in [0.15, 0.2) is 0 Å². The van der Waals surface area contributed by atoms with Crippen LogP contribution in [0.4, 0.5) is 0 Å². The lowest BCUT2D eigenvalue weighted by Gasteiger charge is -2.32. The van der Waals surface area contributed by atoms with E-state index < -0.39 is 0 Å². The lowest BCUT2D eigenvalue weighted by Crippen LogP contribution is -2.40. The van der Waals surface area contributed by atoms with Gasteiger partial charge in [0.15, 0.2) is 0 Å². The topological polar surface area (TPSA) is 32.3 Å². The molecule has 1 unspecified atom stereocenters. The molecule has 2 aliphatic rings. The quantitative estimate of drug-likeness (QED) is 0.815. The Hall–Kier alpha value is -0.570. The summed E-state index contributed by atoms with van der Waals surface area (Å²) in [4.78, 5) is 14.6. The zero-order valence-electron chi connectivity index (χ0n) is 12.1. The Balaban J connectivity index is 1.84. The van der Waals surface area contributed by atoms with Gasteiger partial charge >= 0.3 is 0 Å². The van der Waals surface area contributed by atoms with Crippen LogP contribution in [0.5, 0.6) is 0 Å². The molecule has 2 fully saturated rings. The molecule has 0 radical (unpaired) electrons. The molecule has 0 aromatic rings. The molecule has 0 aromatic heterocycles. The van der Waals surface area contributed by atoms with Gasteiger partial charge in [-0.1, -0.05) is 6.92 Å². The lowest BCUT2D eigenvalue weighted by molar-refractivity contribution is -0.134. The second-order valence-corrected chi connectivity index (χ2v) is 6.39. The summed E-state index contributed by atoms with van der Waals surface area (Å²) < 4.78 is 0. The van der Waals surface area contributed by atoms with Crippen molar-refractivity contribution in [1.29, 1.82) is 0 Å². The fourth-order valence-corrected chi connectivity index (χ4v) is 3.23. The molecule has 0 spiro atoms. The Kier molecular flexibility index (Phi) is 4.66. The fourth-order valence-electron chi connectivity index (χ4n) is 3.23. The summed E-state index contributed by atoms with van der Waals surface area (Å²) in [6.07, 6.45) is 5.65. The average molecular weight is 252 g/mol. The Bertz CT molecular complexity index is 278. The molecule has 104 valence electrons. The normalized spacial score (nSPS) is 23.1. The number of rotatable bonds is 5. The minimum atomic E-state index is 0.366. The molecule has 3 heteroatoms. The highest BCUT2D eigenvalue weighted by Gasteiger charge is 2.35. The molecule has 1 aliphatic carbocycles. The number of carbonyl (C=O) groups excluding carboxylic acids is 1. The predicted molar refractivity (Wildman–Crippen MR) is 74.4 cm³/mol. The molecular weight excluding hydrogens is 224 g/mol. The highest BCUT2D eigenvalue weighted by molar-refractivity contribution is 5.77. The largest absolute Gasteiger partial charge is 0.337 e. The van der Waals surface area contributed by atoms with E-state index >= 15 is 0 Å². The van der Waals surface area contributed by atoms with E-state index in [1.165, 1.54) is 25.7 Å². The third-order valence-electron chi connectivity index (χ3n) is 4.47. The molecule has 1 saturated heterocycles. The number of nitrogens with one attached hydrogen (secondary N) is 1. The van der Waals surface area contributed by atoms with Crippen molar-refractivity contribution in [3.63, 3.8) is 0 Å². The Morgan fingerprint density at radius 3 is 2.28 bits per heavy atom. The van der Waals surface area contributed by atoms with Crippen molar-refractivity contribution >= 4 is 5.91 Å². The molecule has 1 heterocycles. The Morgan fingerprint density at radius 1 is 1.17 bits per heavy atom. The zero-order valence-corrected chi connectivity index (χ0v) is 12.1. The number of nitrogens with zero attached hydrogens (tertiary/aromatic N) is 1. The summed E-state index contributed by atoms with van der Waals surface area (Å²) in [5, 5.41) is 3.40. The molecule has 3 nitrogen and oxygen atoms in total. The van der Waals surface area contributed by atoms with Crippen LogP contribution in [-0.2, 0) is 4.79 Å². The Morgan fingerprint density at radius 2 is 1.78 bits per heavy atom. The third-order valence-corrected chi connectivity index (χ3v) is 4.47. The molecule has 1 saturated carbocycles. The van der Waals surface area contributed by atoms with Gasteiger partial charge in [0.25, 0.3) is 0 Å². The average Bonchev–Trinajstić information content (AvgIpc) is 3.14. The summed E-state index contributed by atoms with van der Waals surface area (Å²) in [7, 11) is 0. The van der Waals surface area contributed by atoms with E-state index in [4.69, 9.17) is 0 Å². The van der Waals surface area contributed by atoms with Gasteiger partial charge in [0.2, 0.25) is 5.91 Å². The van der Waals surface area contributed by atoms with Crippen LogP contribution in [0.25, 0.3) is 0 Å². The highest BCUT2D eigenvalue weighted by atomic mass is 16.2. The van der Waals surface area contributed by atoms with Gasteiger partial charge in [0.05, 0.1) is 0 Å². The van der Waals surface area contributed by atoms with Crippen LogP contribution < -0.4 is 5.32 Å². The molecule has 1 N–H and O–H groups in total. The van der Waals surface area contributed by atoms with E-state index in [9.17, 15) is 4.79 Å². The summed E-state index contributed by atoms with van der Waals surface area (Å²) >= 11 is 0. The summed E-state index contributed by atoms with van der Waals surface area (Å²) in [6, 6.07) is 0.919. The maximum absolute atomic E-state index is 12.4. The van der Waals surface area contributed by atoms with Crippen LogP contribution in [0.2, 0.25) is 0 Å². The minimum Gasteiger partial charge on any atom is -0.337 e. The monoisotopic (exact) mass is 252 g/mol. The van der Waals surface area contributed by atoms with Crippen LogP contribution in [-0.4, -0.2) is 36.0 Å². The fraction of sp³-hybridized carbons (Fsp3) is 0.933. The SMILES string of the molecule is CC(CC(=O)N(C(C)C)C1CC1)C1CCNCC1. The van der Waals surface area contributed by atoms with Crippen LogP contribution >= 0.6 is 0 Å². The lowest BCUT2D eigenvalue weighted by atomic mass is 9.84. The van der Waals surface area contributed by atoms with E-state index in [1.807, 2.05) is 0 Å². The van der Waals surface area contributed by atoms with Gasteiger partial charge in [-0.3, -0.25) is 4.79 Å². The number of hydrogen-bond acceptors (Lipinski definition) is 2. The number of hydrogen-bond donors (Lipinski definition) is 1. The number of piperidine rings is 1. The van der Waals surface area contributed by atoms with E-state index in [0.29, 0.717) is 23.9 Å². The summed E-state index contributed by atoms with van der Waals surface area (Å²) in [5.41, 5.74) is 0.